The van der Waals surface area contributed by atoms with Gasteiger partial charge in [-0.2, -0.15) is 5.10 Å². The van der Waals surface area contributed by atoms with E-state index >= 15 is 0 Å². The molecule has 0 saturated carbocycles. The first-order chi connectivity index (χ1) is 30.5. The minimum Gasteiger partial charge on any atom is -0.310 e. The second-order valence-corrected chi connectivity index (χ2v) is 16.9. The van der Waals surface area contributed by atoms with E-state index in [1.54, 1.807) is 0 Å². The molecule has 4 heteroatoms. The molecule has 1 aliphatic carbocycles. The van der Waals surface area contributed by atoms with Gasteiger partial charge in [0.25, 0.3) is 0 Å². The van der Waals surface area contributed by atoms with Crippen LogP contribution in [0.5, 0.6) is 0 Å². The van der Waals surface area contributed by atoms with E-state index in [1.165, 1.54) is 60.8 Å². The zero-order valence-corrected chi connectivity index (χ0v) is 34.6. The summed E-state index contributed by atoms with van der Waals surface area (Å²) in [6.45, 7) is 4.70. The highest BCUT2D eigenvalue weighted by Gasteiger charge is 2.35. The smallest absolute Gasteiger partial charge is 0.0762 e. The largest absolute Gasteiger partial charge is 0.310 e. The number of benzene rings is 9. The average Bonchev–Trinajstić information content (AvgIpc) is 3.99. The lowest BCUT2D eigenvalue weighted by atomic mass is 9.82. The van der Waals surface area contributed by atoms with Crippen molar-refractivity contribution in [3.8, 4) is 44.8 Å². The molecule has 0 N–H and O–H groups in total. The maximum Gasteiger partial charge on any atom is 0.0762 e. The Morgan fingerprint density at radius 1 is 0.403 bits per heavy atom. The number of aromatic nitrogens is 3. The molecule has 2 aromatic heterocycles. The Morgan fingerprint density at radius 3 is 1.66 bits per heavy atom. The normalized spacial score (nSPS) is 12.8. The van der Waals surface area contributed by atoms with Gasteiger partial charge in [-0.25, -0.2) is 4.68 Å². The van der Waals surface area contributed by atoms with Crippen molar-refractivity contribution in [2.45, 2.75) is 19.3 Å². The summed E-state index contributed by atoms with van der Waals surface area (Å²) in [5.41, 5.74) is 19.0. The first-order valence-corrected chi connectivity index (χ1v) is 21.4. The Bertz CT molecular complexity index is 3450. The molecule has 0 amide bonds. The number of anilines is 3. The van der Waals surface area contributed by atoms with E-state index in [4.69, 9.17) is 5.10 Å². The molecule has 4 nitrogen and oxygen atoms in total. The third kappa shape index (κ3) is 5.64. The first-order valence-electron chi connectivity index (χ1n) is 21.4. The van der Waals surface area contributed by atoms with E-state index in [0.717, 1.165) is 44.9 Å². The molecule has 62 heavy (non-hydrogen) atoms. The van der Waals surface area contributed by atoms with Crippen LogP contribution in [0.1, 0.15) is 25.0 Å². The van der Waals surface area contributed by atoms with Gasteiger partial charge in [0.15, 0.2) is 0 Å². The SMILES string of the molecule is CC1(C)c2ccccc2-c2ccc(N(c3ccc(-c4ccccc4)cc3)c3ccc(-c4ccc5c(c4)c4ccc6c(cnn6-c6ccccc6)c4n5-c4ccccc4)cc3)cc21. The molecule has 0 saturated heterocycles. The van der Waals surface area contributed by atoms with Crippen LogP contribution < -0.4 is 4.90 Å². The van der Waals surface area contributed by atoms with E-state index < -0.39 is 0 Å². The molecule has 1 aliphatic rings. The average molecular weight is 795 g/mol. The van der Waals surface area contributed by atoms with Crippen molar-refractivity contribution in [2.75, 3.05) is 4.90 Å². The van der Waals surface area contributed by atoms with Crippen molar-refractivity contribution < 1.29 is 0 Å². The zero-order chi connectivity index (χ0) is 41.4. The van der Waals surface area contributed by atoms with Gasteiger partial charge in [0.1, 0.15) is 0 Å². The van der Waals surface area contributed by atoms with Gasteiger partial charge in [-0.1, -0.05) is 141 Å². The molecule has 0 unspecified atom stereocenters. The Hall–Kier alpha value is -7.95. The van der Waals surface area contributed by atoms with Gasteiger partial charge in [0, 0.05) is 44.3 Å². The highest BCUT2D eigenvalue weighted by atomic mass is 15.3. The molecule has 0 fully saturated rings. The molecular weight excluding hydrogens is 753 g/mol. The van der Waals surface area contributed by atoms with Crippen LogP contribution in [0.2, 0.25) is 0 Å². The molecule has 294 valence electrons. The number of nitrogens with zero attached hydrogens (tertiary/aromatic N) is 4. The highest BCUT2D eigenvalue weighted by molar-refractivity contribution is 6.18. The lowest BCUT2D eigenvalue weighted by molar-refractivity contribution is 0.660. The van der Waals surface area contributed by atoms with Crippen LogP contribution in [0.3, 0.4) is 0 Å². The van der Waals surface area contributed by atoms with E-state index in [9.17, 15) is 0 Å². The summed E-state index contributed by atoms with van der Waals surface area (Å²) in [7, 11) is 0. The monoisotopic (exact) mass is 794 g/mol. The number of fused-ring (bicyclic) bond motifs is 8. The fourth-order valence-corrected chi connectivity index (χ4v) is 9.93. The molecule has 2 heterocycles. The fraction of sp³-hybridized carbons (Fsp3) is 0.0517. The van der Waals surface area contributed by atoms with Gasteiger partial charge < -0.3 is 9.47 Å². The number of para-hydroxylation sites is 2. The summed E-state index contributed by atoms with van der Waals surface area (Å²) in [6, 6.07) is 77.0. The Balaban J connectivity index is 0.972. The van der Waals surface area contributed by atoms with Gasteiger partial charge in [0.2, 0.25) is 0 Å². The number of rotatable bonds is 7. The molecular formula is C58H42N4. The highest BCUT2D eigenvalue weighted by Crippen LogP contribution is 2.51. The summed E-state index contributed by atoms with van der Waals surface area (Å²) in [5, 5.41) is 8.43. The first kappa shape index (κ1) is 35.9. The van der Waals surface area contributed by atoms with Crippen molar-refractivity contribution in [1.82, 2.24) is 14.3 Å². The molecule has 9 aromatic carbocycles. The zero-order valence-electron chi connectivity index (χ0n) is 34.6. The predicted molar refractivity (Wildman–Crippen MR) is 259 cm³/mol. The summed E-state index contributed by atoms with van der Waals surface area (Å²) in [6.07, 6.45) is 2.02. The summed E-state index contributed by atoms with van der Waals surface area (Å²) < 4.78 is 4.44. The molecule has 0 radical (unpaired) electrons. The molecule has 0 atom stereocenters. The second kappa shape index (κ2) is 14.1. The maximum absolute atomic E-state index is 4.90. The summed E-state index contributed by atoms with van der Waals surface area (Å²) >= 11 is 0. The maximum atomic E-state index is 4.90. The van der Waals surface area contributed by atoms with Gasteiger partial charge >= 0.3 is 0 Å². The lowest BCUT2D eigenvalue weighted by Crippen LogP contribution is -2.16. The van der Waals surface area contributed by atoms with Crippen LogP contribution in [0.4, 0.5) is 17.1 Å². The van der Waals surface area contributed by atoms with Gasteiger partial charge in [-0.05, 0) is 129 Å². The lowest BCUT2D eigenvalue weighted by Gasteiger charge is -2.28. The Labute approximate surface area is 361 Å². The molecule has 0 bridgehead atoms. The quantitative estimate of drug-likeness (QED) is 0.161. The van der Waals surface area contributed by atoms with Crippen molar-refractivity contribution in [3.05, 3.63) is 230 Å². The molecule has 12 rings (SSSR count). The van der Waals surface area contributed by atoms with E-state index in [0.29, 0.717) is 0 Å². The minimum absolute atomic E-state index is 0.106. The van der Waals surface area contributed by atoms with Gasteiger partial charge in [-0.15, -0.1) is 0 Å². The van der Waals surface area contributed by atoms with Crippen LogP contribution in [-0.4, -0.2) is 14.3 Å². The summed E-state index contributed by atoms with van der Waals surface area (Å²) in [5.74, 6) is 0. The Morgan fingerprint density at radius 2 is 0.952 bits per heavy atom. The van der Waals surface area contributed by atoms with Crippen LogP contribution in [-0.2, 0) is 5.41 Å². The van der Waals surface area contributed by atoms with Crippen LogP contribution in [0, 0.1) is 0 Å². The van der Waals surface area contributed by atoms with Gasteiger partial charge in [0.05, 0.1) is 28.4 Å². The van der Waals surface area contributed by atoms with Crippen molar-refractivity contribution in [1.29, 1.82) is 0 Å². The predicted octanol–water partition coefficient (Wildman–Crippen LogP) is 15.2. The molecule has 0 spiro atoms. The van der Waals surface area contributed by atoms with E-state index in [1.807, 2.05) is 16.9 Å². The molecule has 0 aliphatic heterocycles. The van der Waals surface area contributed by atoms with E-state index in [2.05, 4.69) is 230 Å². The third-order valence-corrected chi connectivity index (χ3v) is 13.0. The third-order valence-electron chi connectivity index (χ3n) is 13.0. The van der Waals surface area contributed by atoms with Crippen LogP contribution >= 0.6 is 0 Å². The van der Waals surface area contributed by atoms with Crippen LogP contribution in [0.25, 0.3) is 77.5 Å². The number of hydrogen-bond acceptors (Lipinski definition) is 2. The van der Waals surface area contributed by atoms with Crippen molar-refractivity contribution >= 4 is 49.8 Å². The number of hydrogen-bond donors (Lipinski definition) is 0. The van der Waals surface area contributed by atoms with E-state index in [-0.39, 0.29) is 5.41 Å². The minimum atomic E-state index is -0.106. The Kier molecular flexibility index (Phi) is 8.16. The topological polar surface area (TPSA) is 26.0 Å². The fourth-order valence-electron chi connectivity index (χ4n) is 9.93. The molecule has 11 aromatic rings. The standard InChI is InChI=1S/C58H42N4/c1-58(2)53-21-13-12-20-48(53)49-32-31-47(37-54(49)58)60(44-27-22-40(23-28-44)39-14-6-3-7-15-39)45-29-24-41(25-30-45)42-26-34-55-51(36-42)50-33-35-56-52(38-59-62(56)46-18-10-5-11-19-46)57(50)61(55)43-16-8-4-9-17-43/h3-38H,1-2H3. The van der Waals surface area contributed by atoms with Crippen molar-refractivity contribution in [3.63, 3.8) is 0 Å². The summed E-state index contributed by atoms with van der Waals surface area (Å²) in [4.78, 5) is 2.40. The van der Waals surface area contributed by atoms with Crippen molar-refractivity contribution in [2.24, 2.45) is 0 Å². The second-order valence-electron chi connectivity index (χ2n) is 16.9. The van der Waals surface area contributed by atoms with Gasteiger partial charge in [-0.3, -0.25) is 0 Å². The van der Waals surface area contributed by atoms with Crippen LogP contribution in [0.15, 0.2) is 219 Å².